The van der Waals surface area contributed by atoms with Crippen LogP contribution in [0, 0.1) is 17.2 Å². The summed E-state index contributed by atoms with van der Waals surface area (Å²) in [5.74, 6) is 0.0675. The Hall–Kier alpha value is -2.06. The van der Waals surface area contributed by atoms with Gasteiger partial charge in [-0.05, 0) is 18.1 Å². The van der Waals surface area contributed by atoms with Crippen LogP contribution in [0.4, 0.5) is 5.69 Å². The van der Waals surface area contributed by atoms with E-state index in [0.29, 0.717) is 26.2 Å². The number of hydrogen-bond acceptors (Lipinski definition) is 4. The lowest BCUT2D eigenvalue weighted by Crippen LogP contribution is -2.49. The van der Waals surface area contributed by atoms with E-state index in [-0.39, 0.29) is 11.8 Å². The summed E-state index contributed by atoms with van der Waals surface area (Å²) in [6.45, 7) is 2.06. The quantitative estimate of drug-likeness (QED) is 0.828. The van der Waals surface area contributed by atoms with Crippen molar-refractivity contribution in [2.24, 2.45) is 5.92 Å². The molecule has 1 fully saturated rings. The fourth-order valence-electron chi connectivity index (χ4n) is 2.80. The smallest absolute Gasteiger partial charge is 0.228 e. The second-order valence-electron chi connectivity index (χ2n) is 5.21. The number of anilines is 1. The lowest BCUT2D eigenvalue weighted by atomic mass is 9.92. The Morgan fingerprint density at radius 3 is 3.15 bits per heavy atom. The molecule has 5 heteroatoms. The highest BCUT2D eigenvalue weighted by molar-refractivity contribution is 5.81. The predicted octanol–water partition coefficient (Wildman–Crippen LogP) is 1.02. The number of nitrogens with zero attached hydrogens (tertiary/aromatic N) is 2. The first-order valence-corrected chi connectivity index (χ1v) is 6.89. The molecule has 0 radical (unpaired) electrons. The molecule has 104 valence electrons. The van der Waals surface area contributed by atoms with E-state index in [4.69, 9.17) is 10.00 Å². The second-order valence-corrected chi connectivity index (χ2v) is 5.21. The van der Waals surface area contributed by atoms with Crippen molar-refractivity contribution in [2.45, 2.75) is 12.5 Å². The summed E-state index contributed by atoms with van der Waals surface area (Å²) in [5, 5.41) is 12.2. The van der Waals surface area contributed by atoms with Gasteiger partial charge in [-0.3, -0.25) is 4.79 Å². The van der Waals surface area contributed by atoms with E-state index in [1.165, 1.54) is 5.56 Å². The molecule has 1 saturated heterocycles. The van der Waals surface area contributed by atoms with Crippen LogP contribution in [0.1, 0.15) is 5.56 Å². The van der Waals surface area contributed by atoms with Crippen molar-refractivity contribution >= 4 is 11.6 Å². The number of fused-ring (bicyclic) bond motifs is 1. The minimum absolute atomic E-state index is 0.0534. The van der Waals surface area contributed by atoms with Gasteiger partial charge in [-0.1, -0.05) is 18.2 Å². The maximum absolute atomic E-state index is 12.5. The number of para-hydroxylation sites is 1. The molecule has 0 aliphatic carbocycles. The highest BCUT2D eigenvalue weighted by atomic mass is 16.5. The zero-order chi connectivity index (χ0) is 13.9. The normalized spacial score (nSPS) is 25.2. The molecule has 3 rings (SSSR count). The van der Waals surface area contributed by atoms with E-state index in [1.54, 1.807) is 4.90 Å². The third kappa shape index (κ3) is 2.47. The van der Waals surface area contributed by atoms with Crippen molar-refractivity contribution in [1.29, 1.82) is 5.26 Å². The Balaban J connectivity index is 1.68. The molecule has 5 nitrogen and oxygen atoms in total. The van der Waals surface area contributed by atoms with Gasteiger partial charge < -0.3 is 15.0 Å². The number of carbonyl (C=O) groups excluding carboxylic acids is 1. The third-order valence-corrected chi connectivity index (χ3v) is 3.89. The highest BCUT2D eigenvalue weighted by Gasteiger charge is 2.31. The van der Waals surface area contributed by atoms with Crippen molar-refractivity contribution in [1.82, 2.24) is 4.90 Å². The number of hydrogen-bond donors (Lipinski definition) is 1. The van der Waals surface area contributed by atoms with Gasteiger partial charge in [0.25, 0.3) is 0 Å². The molecule has 2 unspecified atom stereocenters. The summed E-state index contributed by atoms with van der Waals surface area (Å²) in [6.07, 6.45) is 0.271. The summed E-state index contributed by atoms with van der Waals surface area (Å²) in [7, 11) is 0. The van der Waals surface area contributed by atoms with Crippen LogP contribution in [-0.2, 0) is 16.0 Å². The van der Waals surface area contributed by atoms with E-state index in [0.717, 1.165) is 12.1 Å². The van der Waals surface area contributed by atoms with Crippen LogP contribution in [0.15, 0.2) is 24.3 Å². The number of nitriles is 1. The van der Waals surface area contributed by atoms with Gasteiger partial charge in [0.2, 0.25) is 5.91 Å². The van der Waals surface area contributed by atoms with Crippen molar-refractivity contribution in [3.05, 3.63) is 29.8 Å². The molecule has 0 bridgehead atoms. The van der Waals surface area contributed by atoms with Crippen LogP contribution in [0.3, 0.4) is 0 Å². The Morgan fingerprint density at radius 2 is 2.30 bits per heavy atom. The van der Waals surface area contributed by atoms with Crippen LogP contribution >= 0.6 is 0 Å². The van der Waals surface area contributed by atoms with Crippen LogP contribution in [-0.4, -0.2) is 43.2 Å². The SMILES string of the molecule is N#CC1CN(C(=O)C2CNc3ccccc3C2)CCO1. The van der Waals surface area contributed by atoms with Crippen molar-refractivity contribution < 1.29 is 9.53 Å². The van der Waals surface area contributed by atoms with Gasteiger partial charge in [0, 0.05) is 18.8 Å². The van der Waals surface area contributed by atoms with E-state index < -0.39 is 6.10 Å². The van der Waals surface area contributed by atoms with Crippen molar-refractivity contribution in [2.75, 3.05) is 31.6 Å². The summed E-state index contributed by atoms with van der Waals surface area (Å²) >= 11 is 0. The third-order valence-electron chi connectivity index (χ3n) is 3.89. The number of rotatable bonds is 1. The molecule has 1 amide bonds. The fraction of sp³-hybridized carbons (Fsp3) is 0.467. The Kier molecular flexibility index (Phi) is 3.57. The molecule has 1 N–H and O–H groups in total. The Morgan fingerprint density at radius 1 is 1.45 bits per heavy atom. The van der Waals surface area contributed by atoms with Crippen LogP contribution in [0.25, 0.3) is 0 Å². The Labute approximate surface area is 118 Å². The van der Waals surface area contributed by atoms with E-state index in [9.17, 15) is 4.79 Å². The monoisotopic (exact) mass is 271 g/mol. The molecule has 2 heterocycles. The van der Waals surface area contributed by atoms with E-state index >= 15 is 0 Å². The average molecular weight is 271 g/mol. The number of morpholine rings is 1. The van der Waals surface area contributed by atoms with Gasteiger partial charge >= 0.3 is 0 Å². The molecule has 1 aromatic rings. The summed E-state index contributed by atoms with van der Waals surface area (Å²) in [4.78, 5) is 14.3. The largest absolute Gasteiger partial charge is 0.384 e. The molecular formula is C15H17N3O2. The minimum atomic E-state index is -0.489. The van der Waals surface area contributed by atoms with Crippen molar-refractivity contribution in [3.8, 4) is 6.07 Å². The molecule has 0 aromatic heterocycles. The zero-order valence-corrected chi connectivity index (χ0v) is 11.2. The molecule has 20 heavy (non-hydrogen) atoms. The van der Waals surface area contributed by atoms with Gasteiger partial charge in [0.1, 0.15) is 0 Å². The summed E-state index contributed by atoms with van der Waals surface area (Å²) < 4.78 is 5.28. The molecule has 0 spiro atoms. The van der Waals surface area contributed by atoms with Gasteiger partial charge in [-0.15, -0.1) is 0 Å². The lowest BCUT2D eigenvalue weighted by molar-refractivity contribution is -0.141. The van der Waals surface area contributed by atoms with Gasteiger partial charge in [0.15, 0.2) is 6.10 Å². The maximum atomic E-state index is 12.5. The fourth-order valence-corrected chi connectivity index (χ4v) is 2.80. The summed E-state index contributed by atoms with van der Waals surface area (Å²) in [6, 6.07) is 10.2. The number of benzene rings is 1. The minimum Gasteiger partial charge on any atom is -0.384 e. The first-order valence-electron chi connectivity index (χ1n) is 6.89. The predicted molar refractivity (Wildman–Crippen MR) is 74.1 cm³/mol. The van der Waals surface area contributed by atoms with Crippen LogP contribution in [0.5, 0.6) is 0 Å². The van der Waals surface area contributed by atoms with E-state index in [1.807, 2.05) is 18.2 Å². The summed E-state index contributed by atoms with van der Waals surface area (Å²) in [5.41, 5.74) is 2.30. The number of ether oxygens (including phenoxy) is 1. The zero-order valence-electron chi connectivity index (χ0n) is 11.2. The lowest BCUT2D eigenvalue weighted by Gasteiger charge is -2.34. The molecule has 1 aromatic carbocycles. The van der Waals surface area contributed by atoms with Gasteiger partial charge in [0.05, 0.1) is 25.1 Å². The molecule has 2 aliphatic rings. The average Bonchev–Trinajstić information content (AvgIpc) is 2.53. The topological polar surface area (TPSA) is 65.4 Å². The van der Waals surface area contributed by atoms with Gasteiger partial charge in [-0.2, -0.15) is 5.26 Å². The highest BCUT2D eigenvalue weighted by Crippen LogP contribution is 2.25. The number of carbonyl (C=O) groups is 1. The molecule has 0 saturated carbocycles. The molecule has 2 aliphatic heterocycles. The van der Waals surface area contributed by atoms with Crippen molar-refractivity contribution in [3.63, 3.8) is 0 Å². The molecule has 2 atom stereocenters. The number of amides is 1. The maximum Gasteiger partial charge on any atom is 0.228 e. The molecular weight excluding hydrogens is 254 g/mol. The van der Waals surface area contributed by atoms with Gasteiger partial charge in [-0.25, -0.2) is 0 Å². The first-order chi connectivity index (χ1) is 9.78. The number of nitrogens with one attached hydrogen (secondary N) is 1. The Bertz CT molecular complexity index is 552. The van der Waals surface area contributed by atoms with Crippen LogP contribution in [0.2, 0.25) is 0 Å². The van der Waals surface area contributed by atoms with E-state index in [2.05, 4.69) is 17.5 Å². The first kappa shape index (κ1) is 12.9. The standard InChI is InChI=1S/C15H17N3O2/c16-8-13-10-18(5-6-20-13)15(19)12-7-11-3-1-2-4-14(11)17-9-12/h1-4,12-13,17H,5-7,9-10H2. The van der Waals surface area contributed by atoms with Crippen LogP contribution < -0.4 is 5.32 Å². The second kappa shape index (κ2) is 5.51.